The molecule has 0 amide bonds. The van der Waals surface area contributed by atoms with Crippen LogP contribution in [-0.2, 0) is 86.1 Å². The predicted molar refractivity (Wildman–Crippen MR) is 273 cm³/mol. The van der Waals surface area contributed by atoms with Crippen LogP contribution < -0.4 is 0 Å². The molecule has 11 heterocycles. The van der Waals surface area contributed by atoms with Gasteiger partial charge in [-0.05, 0) is 78.7 Å². The molecule has 0 saturated carbocycles. The molecular weight excluding hydrogens is 1080 g/mol. The number of carbonyl (C=O) groups is 1. The van der Waals surface area contributed by atoms with E-state index >= 15 is 0 Å². The first-order valence-corrected chi connectivity index (χ1v) is 31.0. The van der Waals surface area contributed by atoms with Gasteiger partial charge in [-0.15, -0.1) is 6.58 Å². The zero-order chi connectivity index (χ0) is 56.4. The van der Waals surface area contributed by atoms with E-state index in [4.69, 9.17) is 60.8 Å². The summed E-state index contributed by atoms with van der Waals surface area (Å²) in [6.45, 7) is 16.0. The van der Waals surface area contributed by atoms with E-state index in [0.29, 0.717) is 76.2 Å². The molecule has 0 radical (unpaired) electrons. The summed E-state index contributed by atoms with van der Waals surface area (Å²) in [7, 11) is -9.75. The fraction of sp³-hybridized carbons (Fsp3) is 0.870. The summed E-state index contributed by atoms with van der Waals surface area (Å²) in [6, 6.07) is 0. The van der Waals surface area contributed by atoms with Gasteiger partial charge in [0.25, 0.3) is 0 Å². The second kappa shape index (κ2) is 21.9. The number of rotatable bonds is 12. The summed E-state index contributed by atoms with van der Waals surface area (Å²) < 4.78 is 150. The molecule has 0 aromatic carbocycles. The van der Waals surface area contributed by atoms with Crippen LogP contribution in [0, 0.1) is 5.92 Å². The van der Waals surface area contributed by atoms with Gasteiger partial charge < -0.3 is 67.4 Å². The lowest BCUT2D eigenvalue weighted by Gasteiger charge is -2.57. The lowest BCUT2D eigenvalue weighted by molar-refractivity contribution is -0.344. The molecule has 11 aliphatic rings. The van der Waals surface area contributed by atoms with Crippen LogP contribution in [0.25, 0.3) is 0 Å². The van der Waals surface area contributed by atoms with E-state index in [9.17, 15) is 41.5 Å². The molecule has 0 aromatic rings. The summed E-state index contributed by atoms with van der Waals surface area (Å²) in [5.74, 6) is -1.17. The lowest BCUT2D eigenvalue weighted by Crippen LogP contribution is -2.69. The Labute approximate surface area is 462 Å². The van der Waals surface area contributed by atoms with Gasteiger partial charge in [0, 0.05) is 51.4 Å². The number of fused-ring (bicyclic) bond motifs is 10. The quantitative estimate of drug-likeness (QED) is 0.139. The minimum Gasteiger partial charge on any atom is -0.388 e. The van der Waals surface area contributed by atoms with Crippen molar-refractivity contribution in [1.82, 2.24) is 0 Å². The first-order valence-electron chi connectivity index (χ1n) is 28.2. The number of ketones is 1. The lowest BCUT2D eigenvalue weighted by atomic mass is 9.76. The van der Waals surface area contributed by atoms with Crippen LogP contribution in [0.1, 0.15) is 125 Å². The highest BCUT2D eigenvalue weighted by molar-refractivity contribution is 7.81. The minimum atomic E-state index is -4.95. The third kappa shape index (κ3) is 11.9. The third-order valence-electron chi connectivity index (χ3n) is 19.3. The molecule has 0 aliphatic carbocycles. The summed E-state index contributed by atoms with van der Waals surface area (Å²) in [5.41, 5.74) is -3.77. The molecular formula is C54H80O23S2. The number of Topliss-reactive ketones (excluding diaryl/α,β-unsaturated/α-hetero) is 1. The Kier molecular flexibility index (Phi) is 16.3. The van der Waals surface area contributed by atoms with Gasteiger partial charge in [-0.25, -0.2) is 8.37 Å². The van der Waals surface area contributed by atoms with E-state index in [1.54, 1.807) is 6.92 Å². The van der Waals surface area contributed by atoms with Crippen molar-refractivity contribution in [3.63, 3.8) is 0 Å². The summed E-state index contributed by atoms with van der Waals surface area (Å²) >= 11 is 0. The molecule has 23 nitrogen and oxygen atoms in total. The van der Waals surface area contributed by atoms with Crippen molar-refractivity contribution >= 4 is 26.6 Å². The van der Waals surface area contributed by atoms with Gasteiger partial charge in [-0.1, -0.05) is 24.8 Å². The van der Waals surface area contributed by atoms with Gasteiger partial charge in [0.1, 0.15) is 41.9 Å². The maximum Gasteiger partial charge on any atom is 0.397 e. The average molecular weight is 1160 g/mol. The first kappa shape index (κ1) is 58.8. The molecule has 0 bridgehead atoms. The number of hydrogen-bond donors (Lipinski definition) is 5. The van der Waals surface area contributed by atoms with Crippen molar-refractivity contribution in [3.8, 4) is 0 Å². The number of aliphatic hydroxyl groups is 3. The highest BCUT2D eigenvalue weighted by Gasteiger charge is 2.62. The van der Waals surface area contributed by atoms with Gasteiger partial charge in [0.2, 0.25) is 0 Å². The van der Waals surface area contributed by atoms with Crippen LogP contribution >= 0.6 is 0 Å². The van der Waals surface area contributed by atoms with Gasteiger partial charge >= 0.3 is 20.8 Å². The molecule has 0 aromatic heterocycles. The van der Waals surface area contributed by atoms with Gasteiger partial charge in [0.15, 0.2) is 0 Å². The third-order valence-corrected chi connectivity index (χ3v) is 20.3. The summed E-state index contributed by atoms with van der Waals surface area (Å²) in [4.78, 5) is 12.3. The molecule has 25 heteroatoms. The first-order chi connectivity index (χ1) is 37.1. The predicted octanol–water partition coefficient (Wildman–Crippen LogP) is 3.04. The normalized spacial score (nSPS) is 49.4. The van der Waals surface area contributed by atoms with Crippen LogP contribution in [-0.4, -0.2) is 210 Å². The fourth-order valence-electron chi connectivity index (χ4n) is 15.2. The zero-order valence-corrected chi connectivity index (χ0v) is 47.1. The van der Waals surface area contributed by atoms with Crippen molar-refractivity contribution in [2.75, 3.05) is 6.61 Å². The Morgan fingerprint density at radius 1 is 0.709 bits per heavy atom. The molecule has 27 unspecified atom stereocenters. The Hall–Kier alpha value is -1.93. The van der Waals surface area contributed by atoms with Crippen LogP contribution in [0.5, 0.6) is 0 Å². The van der Waals surface area contributed by atoms with E-state index in [-0.39, 0.29) is 67.5 Å². The Balaban J connectivity index is 0.730. The highest BCUT2D eigenvalue weighted by Crippen LogP contribution is 2.52. The summed E-state index contributed by atoms with van der Waals surface area (Å²) in [6.07, 6.45) is -1.64. The van der Waals surface area contributed by atoms with E-state index in [1.807, 2.05) is 0 Å². The molecule has 27 atom stereocenters. The Bertz CT molecular complexity index is 2550. The molecule has 11 aliphatic heterocycles. The second-order valence-corrected chi connectivity index (χ2v) is 27.2. The van der Waals surface area contributed by atoms with Crippen molar-refractivity contribution < 1.29 is 107 Å². The van der Waals surface area contributed by atoms with Crippen LogP contribution in [0.4, 0.5) is 0 Å². The monoisotopic (exact) mass is 1160 g/mol. The Morgan fingerprint density at radius 2 is 1.23 bits per heavy atom. The van der Waals surface area contributed by atoms with Crippen LogP contribution in [0.3, 0.4) is 0 Å². The van der Waals surface area contributed by atoms with Gasteiger partial charge in [-0.3, -0.25) is 13.9 Å². The molecule has 446 valence electrons. The fourth-order valence-corrected chi connectivity index (χ4v) is 16.0. The van der Waals surface area contributed by atoms with Crippen molar-refractivity contribution in [2.45, 2.75) is 281 Å². The number of aliphatic hydroxyl groups excluding tert-OH is 2. The topological polar surface area (TPSA) is 306 Å². The van der Waals surface area contributed by atoms with Gasteiger partial charge in [0.05, 0.1) is 133 Å². The number of carbonyl (C=O) groups excluding carboxylic acids is 1. The largest absolute Gasteiger partial charge is 0.397 e. The van der Waals surface area contributed by atoms with Crippen molar-refractivity contribution in [2.24, 2.45) is 5.92 Å². The van der Waals surface area contributed by atoms with Crippen molar-refractivity contribution in [3.05, 3.63) is 37.0 Å². The molecule has 79 heavy (non-hydrogen) atoms. The summed E-state index contributed by atoms with van der Waals surface area (Å²) in [5, 5.41) is 34.1. The smallest absolute Gasteiger partial charge is 0.388 e. The standard InChI is InChI=1S/C54H80O23S2/c1-8-29(56)28(27(3)55)11-14-51(4,58)50-26(2)18-32-39(74-50)23-43-49(73-32)47(57)48-42(69-43)22-34-30(72-48)10-9-13-53(6)44(71-34)25-45-54(7,77-53)15-12-31-33(70-45)19-36-35(66-31)20-37-38(67-36)21-41-40(68-37)24-46(76-79(62,63)64)52(5,75-41)16-17-65-78(59,60)61/h8,11,14,28-50,56-58H,1-2,9-10,12-13,15-25H2,3-7H3,(H,59,60,61)(H,62,63,64)/b14-11+. The molecule has 11 saturated heterocycles. The maximum atomic E-state index is 12.3. The van der Waals surface area contributed by atoms with Crippen LogP contribution in [0.15, 0.2) is 37.0 Å². The zero-order valence-electron chi connectivity index (χ0n) is 45.4. The SMILES string of the molecule is C=CC(O)C(/C=C/C(C)(O)C1OC2CC3OC4CC5OC6CC7OC8CC9OC%10CC%11OC(C)(CCOS(=O)(=O)O)C(OS(=O)(=O)O)CC%11OC%10CC9OC8CCC7(C)OC6(C)CCCC5OC4C(O)C3OC2CC1=C)C(C)=O. The Morgan fingerprint density at radius 3 is 1.82 bits per heavy atom. The minimum absolute atomic E-state index is 0.00571. The van der Waals surface area contributed by atoms with Crippen LogP contribution in [0.2, 0.25) is 0 Å². The molecule has 11 rings (SSSR count). The van der Waals surface area contributed by atoms with E-state index in [0.717, 1.165) is 6.42 Å². The highest BCUT2D eigenvalue weighted by atomic mass is 32.3. The van der Waals surface area contributed by atoms with E-state index in [1.165, 1.54) is 32.1 Å². The van der Waals surface area contributed by atoms with E-state index in [2.05, 4.69) is 31.2 Å². The van der Waals surface area contributed by atoms with E-state index < -0.39 is 141 Å². The van der Waals surface area contributed by atoms with Crippen molar-refractivity contribution in [1.29, 1.82) is 0 Å². The van der Waals surface area contributed by atoms with Gasteiger partial charge in [-0.2, -0.15) is 16.8 Å². The molecule has 5 N–H and O–H groups in total. The molecule has 0 spiro atoms. The number of hydrogen-bond acceptors (Lipinski definition) is 21. The second-order valence-electron chi connectivity index (χ2n) is 25.1. The maximum absolute atomic E-state index is 12.3. The molecule has 11 fully saturated rings. The average Bonchev–Trinajstić information content (AvgIpc) is 3.68. The number of ether oxygens (including phenoxy) is 11.